The van der Waals surface area contributed by atoms with Crippen LogP contribution >= 0.6 is 11.3 Å². The van der Waals surface area contributed by atoms with Crippen molar-refractivity contribution < 1.29 is 9.21 Å². The summed E-state index contributed by atoms with van der Waals surface area (Å²) in [5.41, 5.74) is 1.26. The average molecular weight is 410 g/mol. The van der Waals surface area contributed by atoms with Crippen molar-refractivity contribution in [3.63, 3.8) is 0 Å². The number of fused-ring (bicyclic) bond motifs is 1. The molecule has 4 saturated carbocycles. The van der Waals surface area contributed by atoms with E-state index in [9.17, 15) is 9.59 Å². The topological polar surface area (TPSA) is 90.0 Å². The van der Waals surface area contributed by atoms with Crippen LogP contribution in [0.15, 0.2) is 33.5 Å². The number of nitrogens with zero attached hydrogens (tertiary/aromatic N) is 3. The molecule has 1 aromatic carbocycles. The number of amides is 1. The lowest BCUT2D eigenvalue weighted by Crippen LogP contribution is -2.48. The van der Waals surface area contributed by atoms with Gasteiger partial charge in [-0.05, 0) is 68.4 Å². The Hall–Kier alpha value is -2.48. The van der Waals surface area contributed by atoms with Crippen molar-refractivity contribution in [3.05, 3.63) is 39.8 Å². The van der Waals surface area contributed by atoms with E-state index < -0.39 is 5.76 Å². The van der Waals surface area contributed by atoms with Crippen LogP contribution in [0.5, 0.6) is 0 Å². The van der Waals surface area contributed by atoms with Crippen molar-refractivity contribution >= 4 is 33.5 Å². The maximum atomic E-state index is 12.6. The molecule has 7 nitrogen and oxygen atoms in total. The van der Waals surface area contributed by atoms with Gasteiger partial charge in [0.1, 0.15) is 11.6 Å². The van der Waals surface area contributed by atoms with Crippen molar-refractivity contribution in [2.24, 2.45) is 17.8 Å². The Kier molecular flexibility index (Phi) is 3.75. The fourth-order valence-corrected chi connectivity index (χ4v) is 7.30. The Morgan fingerprint density at radius 2 is 1.83 bits per heavy atom. The summed E-state index contributed by atoms with van der Waals surface area (Å²) < 4.78 is 6.53. The maximum absolute atomic E-state index is 12.6. The number of hydrogen-bond donors (Lipinski definition) is 1. The van der Waals surface area contributed by atoms with E-state index in [1.807, 2.05) is 6.07 Å². The van der Waals surface area contributed by atoms with Gasteiger partial charge < -0.3 is 4.42 Å². The Morgan fingerprint density at radius 3 is 2.55 bits per heavy atom. The van der Waals surface area contributed by atoms with E-state index in [4.69, 9.17) is 4.42 Å². The summed E-state index contributed by atoms with van der Waals surface area (Å²) in [7, 11) is 0. The standard InChI is InChI=1S/C21H22N4O3S/c26-17(11-25-15-3-1-2-4-16(15)28-20(25)27)22-19-24-23-18(29-19)21-8-12-5-13(9-21)7-14(6-12)10-21/h1-4,12-14H,5-11H2,(H,22,24,26). The molecule has 0 unspecified atom stereocenters. The van der Waals surface area contributed by atoms with Gasteiger partial charge in [0.05, 0.1) is 5.52 Å². The summed E-state index contributed by atoms with van der Waals surface area (Å²) in [5, 5.41) is 13.2. The average Bonchev–Trinajstić information content (AvgIpc) is 3.26. The van der Waals surface area contributed by atoms with Crippen LogP contribution in [0.25, 0.3) is 11.1 Å². The summed E-state index contributed by atoms with van der Waals surface area (Å²) in [5.74, 6) is 1.68. The SMILES string of the molecule is O=C(Cn1c(=O)oc2ccccc21)Nc1nnc(C23CC4CC(CC(C4)C2)C3)s1. The molecule has 150 valence electrons. The van der Waals surface area contributed by atoms with Gasteiger partial charge in [0.25, 0.3) is 0 Å². The van der Waals surface area contributed by atoms with E-state index in [-0.39, 0.29) is 17.9 Å². The summed E-state index contributed by atoms with van der Waals surface area (Å²) in [6.45, 7) is -0.109. The van der Waals surface area contributed by atoms with Crippen LogP contribution in [0.2, 0.25) is 0 Å². The van der Waals surface area contributed by atoms with Crippen molar-refractivity contribution in [2.75, 3.05) is 5.32 Å². The predicted octanol–water partition coefficient (Wildman–Crippen LogP) is 3.55. The fraction of sp³-hybridized carbons (Fsp3) is 0.524. The van der Waals surface area contributed by atoms with Crippen LogP contribution in [0.1, 0.15) is 43.5 Å². The van der Waals surface area contributed by atoms with E-state index in [1.165, 1.54) is 54.4 Å². The monoisotopic (exact) mass is 410 g/mol. The van der Waals surface area contributed by atoms with Crippen LogP contribution in [-0.4, -0.2) is 20.7 Å². The lowest BCUT2D eigenvalue weighted by Gasteiger charge is -2.55. The summed E-state index contributed by atoms with van der Waals surface area (Å²) in [4.78, 5) is 24.6. The molecule has 2 heterocycles. The van der Waals surface area contributed by atoms with E-state index in [2.05, 4.69) is 15.5 Å². The van der Waals surface area contributed by atoms with Crippen molar-refractivity contribution in [1.82, 2.24) is 14.8 Å². The lowest BCUT2D eigenvalue weighted by molar-refractivity contribution is -0.116. The third-order valence-electron chi connectivity index (χ3n) is 7.04. The number of nitrogens with one attached hydrogen (secondary N) is 1. The Labute approximate surface area is 171 Å². The molecular formula is C21H22N4O3S. The van der Waals surface area contributed by atoms with Gasteiger partial charge >= 0.3 is 5.76 Å². The van der Waals surface area contributed by atoms with Gasteiger partial charge in [-0.3, -0.25) is 14.7 Å². The zero-order valence-electron chi connectivity index (χ0n) is 16.0. The molecule has 4 aliphatic rings. The summed E-state index contributed by atoms with van der Waals surface area (Å²) >= 11 is 1.51. The first-order valence-electron chi connectivity index (χ1n) is 10.3. The van der Waals surface area contributed by atoms with Crippen molar-refractivity contribution in [2.45, 2.75) is 50.5 Å². The molecule has 4 aliphatic carbocycles. The van der Waals surface area contributed by atoms with Crippen LogP contribution in [0.4, 0.5) is 5.13 Å². The highest BCUT2D eigenvalue weighted by atomic mass is 32.1. The molecule has 0 aliphatic heterocycles. The second-order valence-electron chi connectivity index (χ2n) is 9.08. The quantitative estimate of drug-likeness (QED) is 0.710. The fourth-order valence-electron chi connectivity index (χ4n) is 6.33. The summed E-state index contributed by atoms with van der Waals surface area (Å²) in [6.07, 6.45) is 7.81. The van der Waals surface area contributed by atoms with Crippen molar-refractivity contribution in [1.29, 1.82) is 0 Å². The zero-order valence-corrected chi connectivity index (χ0v) is 16.8. The van der Waals surface area contributed by atoms with E-state index in [0.717, 1.165) is 22.8 Å². The van der Waals surface area contributed by atoms with Gasteiger partial charge in [0.15, 0.2) is 5.58 Å². The van der Waals surface area contributed by atoms with Gasteiger partial charge in [-0.15, -0.1) is 10.2 Å². The molecule has 2 aromatic heterocycles. The predicted molar refractivity (Wildman–Crippen MR) is 109 cm³/mol. The van der Waals surface area contributed by atoms with Gasteiger partial charge in [-0.1, -0.05) is 23.5 Å². The zero-order chi connectivity index (χ0) is 19.6. The minimum Gasteiger partial charge on any atom is -0.408 e. The molecule has 1 N–H and O–H groups in total. The highest BCUT2D eigenvalue weighted by Crippen LogP contribution is 2.61. The van der Waals surface area contributed by atoms with Crippen LogP contribution in [-0.2, 0) is 16.8 Å². The molecule has 4 bridgehead atoms. The minimum atomic E-state index is -0.534. The first kappa shape index (κ1) is 17.4. The highest BCUT2D eigenvalue weighted by Gasteiger charge is 2.53. The highest BCUT2D eigenvalue weighted by molar-refractivity contribution is 7.15. The number of carbonyl (C=O) groups is 1. The number of para-hydroxylation sites is 2. The van der Waals surface area contributed by atoms with Crippen LogP contribution in [0, 0.1) is 17.8 Å². The third kappa shape index (κ3) is 2.84. The smallest absolute Gasteiger partial charge is 0.408 e. The van der Waals surface area contributed by atoms with E-state index >= 15 is 0 Å². The number of carbonyl (C=O) groups excluding carboxylic acids is 1. The Bertz CT molecular complexity index is 1120. The van der Waals surface area contributed by atoms with Crippen LogP contribution < -0.4 is 11.1 Å². The number of aromatic nitrogens is 3. The molecule has 1 amide bonds. The molecule has 3 aromatic rings. The Morgan fingerprint density at radius 1 is 1.14 bits per heavy atom. The minimum absolute atomic E-state index is 0.109. The number of hydrogen-bond acceptors (Lipinski definition) is 6. The van der Waals surface area contributed by atoms with E-state index in [0.29, 0.717) is 16.2 Å². The van der Waals surface area contributed by atoms with Gasteiger partial charge in [-0.25, -0.2) is 4.79 Å². The van der Waals surface area contributed by atoms with Crippen molar-refractivity contribution in [3.8, 4) is 0 Å². The Balaban J connectivity index is 1.21. The van der Waals surface area contributed by atoms with Gasteiger partial charge in [0, 0.05) is 5.41 Å². The first-order chi connectivity index (χ1) is 14.1. The number of benzene rings is 1. The molecule has 0 saturated heterocycles. The number of rotatable bonds is 4. The second kappa shape index (κ2) is 6.26. The number of oxazole rings is 1. The van der Waals surface area contributed by atoms with Gasteiger partial charge in [-0.2, -0.15) is 0 Å². The first-order valence-corrected chi connectivity index (χ1v) is 11.1. The molecule has 0 radical (unpaired) electrons. The van der Waals surface area contributed by atoms with E-state index in [1.54, 1.807) is 18.2 Å². The molecule has 4 fully saturated rings. The van der Waals surface area contributed by atoms with Crippen LogP contribution in [0.3, 0.4) is 0 Å². The normalized spacial score (nSPS) is 30.1. The number of anilines is 1. The maximum Gasteiger partial charge on any atom is 0.420 e. The molecule has 8 heteroatoms. The lowest BCUT2D eigenvalue weighted by atomic mass is 9.50. The molecular weight excluding hydrogens is 388 g/mol. The molecule has 7 rings (SSSR count). The summed E-state index contributed by atoms with van der Waals surface area (Å²) in [6, 6.07) is 7.09. The second-order valence-corrected chi connectivity index (χ2v) is 10.1. The molecule has 0 atom stereocenters. The van der Waals surface area contributed by atoms with Gasteiger partial charge in [0.2, 0.25) is 11.0 Å². The molecule has 0 spiro atoms. The largest absolute Gasteiger partial charge is 0.420 e. The molecule has 29 heavy (non-hydrogen) atoms. The third-order valence-corrected chi connectivity index (χ3v) is 8.12.